The zero-order chi connectivity index (χ0) is 20.9. The van der Waals surface area contributed by atoms with E-state index in [9.17, 15) is 4.79 Å². The summed E-state index contributed by atoms with van der Waals surface area (Å²) < 4.78 is 17.4. The predicted octanol–water partition coefficient (Wildman–Crippen LogP) is 5.39. The minimum Gasteiger partial charge on any atom is -0.496 e. The zero-order valence-corrected chi connectivity index (χ0v) is 18.8. The Bertz CT molecular complexity index is 1020. The lowest BCUT2D eigenvalue weighted by Gasteiger charge is -2.11. The second-order valence-corrected chi connectivity index (χ2v) is 8.52. The van der Waals surface area contributed by atoms with Crippen molar-refractivity contribution in [3.63, 3.8) is 0 Å². The fraction of sp³-hybridized carbons (Fsp3) is 0.273. The number of rotatable bonds is 7. The van der Waals surface area contributed by atoms with Crippen LogP contribution in [0.4, 0.5) is 5.13 Å². The highest BCUT2D eigenvalue weighted by molar-refractivity contribution is 9.10. The number of hydrogen-bond donors (Lipinski definition) is 1. The highest BCUT2D eigenvalue weighted by atomic mass is 79.9. The molecule has 1 unspecified atom stereocenters. The minimum atomic E-state index is -0.211. The number of nitrogens with one attached hydrogen (secondary N) is 1. The van der Waals surface area contributed by atoms with Crippen LogP contribution in [0.1, 0.15) is 23.2 Å². The molecule has 3 aromatic rings. The van der Waals surface area contributed by atoms with Crippen LogP contribution in [0.15, 0.2) is 52.3 Å². The van der Waals surface area contributed by atoms with Crippen molar-refractivity contribution in [2.75, 3.05) is 25.6 Å². The van der Waals surface area contributed by atoms with E-state index in [0.717, 1.165) is 46.7 Å². The van der Waals surface area contributed by atoms with E-state index in [1.54, 1.807) is 31.4 Å². The molecule has 1 amide bonds. The number of carbonyl (C=O) groups is 1. The maximum atomic E-state index is 12.5. The Balaban J connectivity index is 1.36. The largest absolute Gasteiger partial charge is 0.496 e. The Hall–Kier alpha value is -2.42. The van der Waals surface area contributed by atoms with Crippen LogP contribution in [0.25, 0.3) is 11.3 Å². The Kier molecular flexibility index (Phi) is 6.66. The minimum absolute atomic E-state index is 0.165. The number of anilines is 1. The molecule has 2 aromatic carbocycles. The van der Waals surface area contributed by atoms with Crippen molar-refractivity contribution >= 4 is 38.3 Å². The Morgan fingerprint density at radius 2 is 2.13 bits per heavy atom. The van der Waals surface area contributed by atoms with Gasteiger partial charge in [-0.2, -0.15) is 0 Å². The number of amides is 1. The lowest BCUT2D eigenvalue weighted by Crippen LogP contribution is -2.16. The summed E-state index contributed by atoms with van der Waals surface area (Å²) in [7, 11) is 1.62. The number of benzene rings is 2. The van der Waals surface area contributed by atoms with E-state index in [2.05, 4.69) is 26.2 Å². The molecule has 1 aliphatic heterocycles. The van der Waals surface area contributed by atoms with Gasteiger partial charge in [0.05, 0.1) is 23.4 Å². The van der Waals surface area contributed by atoms with Gasteiger partial charge in [-0.25, -0.2) is 4.98 Å². The van der Waals surface area contributed by atoms with Crippen molar-refractivity contribution in [1.29, 1.82) is 0 Å². The average molecular weight is 489 g/mol. The number of aromatic nitrogens is 1. The van der Waals surface area contributed by atoms with Gasteiger partial charge in [-0.05, 0) is 71.2 Å². The summed E-state index contributed by atoms with van der Waals surface area (Å²) in [6.07, 6.45) is 2.28. The highest BCUT2D eigenvalue weighted by Crippen LogP contribution is 2.32. The molecule has 1 fully saturated rings. The molecular formula is C22H21BrN2O4S. The van der Waals surface area contributed by atoms with Crippen molar-refractivity contribution in [3.05, 3.63) is 57.9 Å². The van der Waals surface area contributed by atoms with Crippen molar-refractivity contribution < 1.29 is 19.0 Å². The molecular weight excluding hydrogens is 468 g/mol. The number of thiazole rings is 1. The van der Waals surface area contributed by atoms with Crippen molar-refractivity contribution in [3.8, 4) is 22.8 Å². The van der Waals surface area contributed by atoms with Gasteiger partial charge in [0.1, 0.15) is 18.1 Å². The number of nitrogens with zero attached hydrogens (tertiary/aromatic N) is 1. The summed E-state index contributed by atoms with van der Waals surface area (Å²) in [6.45, 7) is 1.34. The number of methoxy groups -OCH3 is 1. The maximum Gasteiger partial charge on any atom is 0.257 e. The number of hydrogen-bond acceptors (Lipinski definition) is 6. The molecule has 30 heavy (non-hydrogen) atoms. The van der Waals surface area contributed by atoms with Gasteiger partial charge >= 0.3 is 0 Å². The first-order valence-corrected chi connectivity index (χ1v) is 11.2. The van der Waals surface area contributed by atoms with Crippen LogP contribution in [-0.4, -0.2) is 37.3 Å². The first-order chi connectivity index (χ1) is 14.6. The van der Waals surface area contributed by atoms with E-state index in [4.69, 9.17) is 14.2 Å². The summed E-state index contributed by atoms with van der Waals surface area (Å²) in [5, 5.41) is 5.30. The van der Waals surface area contributed by atoms with Gasteiger partial charge in [-0.1, -0.05) is 0 Å². The number of ether oxygens (including phenoxy) is 3. The van der Waals surface area contributed by atoms with Crippen LogP contribution >= 0.6 is 27.3 Å². The van der Waals surface area contributed by atoms with Gasteiger partial charge in [0.25, 0.3) is 5.91 Å². The van der Waals surface area contributed by atoms with Crippen LogP contribution in [0.5, 0.6) is 11.5 Å². The monoisotopic (exact) mass is 488 g/mol. The molecule has 1 N–H and O–H groups in total. The topological polar surface area (TPSA) is 69.7 Å². The van der Waals surface area contributed by atoms with E-state index in [1.165, 1.54) is 11.3 Å². The lowest BCUT2D eigenvalue weighted by atomic mass is 10.2. The van der Waals surface area contributed by atoms with Gasteiger partial charge in [-0.3, -0.25) is 10.1 Å². The molecule has 156 valence electrons. The average Bonchev–Trinajstić information content (AvgIpc) is 3.45. The second-order valence-electron chi connectivity index (χ2n) is 6.81. The van der Waals surface area contributed by atoms with Gasteiger partial charge in [0.15, 0.2) is 5.13 Å². The number of carbonyl (C=O) groups excluding carboxylic acids is 1. The Morgan fingerprint density at radius 1 is 1.30 bits per heavy atom. The molecule has 0 aliphatic carbocycles. The van der Waals surface area contributed by atoms with Crippen LogP contribution < -0.4 is 14.8 Å². The fourth-order valence-corrected chi connectivity index (χ4v) is 4.38. The highest BCUT2D eigenvalue weighted by Gasteiger charge is 2.16. The summed E-state index contributed by atoms with van der Waals surface area (Å²) in [5.74, 6) is 1.27. The second kappa shape index (κ2) is 9.59. The quantitative estimate of drug-likeness (QED) is 0.482. The standard InChI is InChI=1S/C22H21BrN2O4S/c1-27-20-9-6-15(11-18(20)23)19-13-30-22(24-19)25-21(26)14-4-7-16(8-5-14)29-12-17-3-2-10-28-17/h4-9,11,13,17H,2-3,10,12H2,1H3,(H,24,25,26). The van der Waals surface area contributed by atoms with E-state index >= 15 is 0 Å². The molecule has 0 saturated carbocycles. The molecule has 1 saturated heterocycles. The smallest absolute Gasteiger partial charge is 0.257 e. The van der Waals surface area contributed by atoms with Gasteiger partial charge in [0.2, 0.25) is 0 Å². The summed E-state index contributed by atoms with van der Waals surface area (Å²) in [4.78, 5) is 17.1. The zero-order valence-electron chi connectivity index (χ0n) is 16.4. The molecule has 1 atom stereocenters. The lowest BCUT2D eigenvalue weighted by molar-refractivity contribution is 0.0679. The molecule has 2 heterocycles. The Morgan fingerprint density at radius 3 is 2.83 bits per heavy atom. The van der Waals surface area contributed by atoms with Gasteiger partial charge < -0.3 is 14.2 Å². The fourth-order valence-electron chi connectivity index (χ4n) is 3.13. The van der Waals surface area contributed by atoms with Gasteiger partial charge in [0, 0.05) is 23.1 Å². The molecule has 6 nitrogen and oxygen atoms in total. The molecule has 0 bridgehead atoms. The third-order valence-electron chi connectivity index (χ3n) is 4.75. The number of halogens is 1. The SMILES string of the molecule is COc1ccc(-c2csc(NC(=O)c3ccc(OCC4CCCO4)cc3)n2)cc1Br. The van der Waals surface area contributed by atoms with Crippen molar-refractivity contribution in [1.82, 2.24) is 4.98 Å². The first kappa shape index (κ1) is 20.8. The van der Waals surface area contributed by atoms with Gasteiger partial charge in [-0.15, -0.1) is 11.3 Å². The van der Waals surface area contributed by atoms with E-state index in [-0.39, 0.29) is 12.0 Å². The first-order valence-electron chi connectivity index (χ1n) is 9.57. The van der Waals surface area contributed by atoms with Crippen LogP contribution in [-0.2, 0) is 4.74 Å². The molecule has 8 heteroatoms. The molecule has 1 aliphatic rings. The van der Waals surface area contributed by atoms with Crippen molar-refractivity contribution in [2.24, 2.45) is 0 Å². The molecule has 4 rings (SSSR count). The maximum absolute atomic E-state index is 12.5. The summed E-state index contributed by atoms with van der Waals surface area (Å²) in [6, 6.07) is 12.8. The Labute approximate surface area is 187 Å². The van der Waals surface area contributed by atoms with E-state index in [0.29, 0.717) is 17.3 Å². The molecule has 0 spiro atoms. The van der Waals surface area contributed by atoms with Crippen LogP contribution in [0, 0.1) is 0 Å². The molecule has 0 radical (unpaired) electrons. The third kappa shape index (κ3) is 5.00. The third-order valence-corrected chi connectivity index (χ3v) is 6.13. The van der Waals surface area contributed by atoms with Crippen LogP contribution in [0.2, 0.25) is 0 Å². The molecule has 1 aromatic heterocycles. The van der Waals surface area contributed by atoms with Crippen molar-refractivity contribution in [2.45, 2.75) is 18.9 Å². The van der Waals surface area contributed by atoms with Crippen LogP contribution in [0.3, 0.4) is 0 Å². The van der Waals surface area contributed by atoms with E-state index in [1.807, 2.05) is 23.6 Å². The summed E-state index contributed by atoms with van der Waals surface area (Å²) >= 11 is 4.86. The normalized spacial score (nSPS) is 15.7. The predicted molar refractivity (Wildman–Crippen MR) is 121 cm³/mol. The summed E-state index contributed by atoms with van der Waals surface area (Å²) in [5.41, 5.74) is 2.27. The van der Waals surface area contributed by atoms with E-state index < -0.39 is 0 Å².